The molecule has 0 spiro atoms. The first-order valence-electron chi connectivity index (χ1n) is 6.30. The second-order valence-corrected chi connectivity index (χ2v) is 6.67. The minimum atomic E-state index is -3.21. The molecule has 1 aromatic carbocycles. The molecule has 1 aromatic rings. The molecule has 1 saturated heterocycles. The van der Waals surface area contributed by atoms with E-state index in [1.807, 2.05) is 6.07 Å². The van der Waals surface area contributed by atoms with E-state index in [2.05, 4.69) is 0 Å². The Morgan fingerprint density at radius 3 is 2.79 bits per heavy atom. The van der Waals surface area contributed by atoms with Crippen LogP contribution in [0.3, 0.4) is 0 Å². The van der Waals surface area contributed by atoms with Gasteiger partial charge in [-0.1, -0.05) is 12.1 Å². The smallest absolute Gasteiger partial charge is 0.303 e. The molecule has 0 bridgehead atoms. The first-order chi connectivity index (χ1) is 8.99. The quantitative estimate of drug-likeness (QED) is 0.911. The molecule has 0 saturated carbocycles. The molecule has 0 aliphatic carbocycles. The number of rotatable bonds is 4. The maximum absolute atomic E-state index is 12.0. The lowest BCUT2D eigenvalue weighted by Gasteiger charge is -2.28. The van der Waals surface area contributed by atoms with Gasteiger partial charge >= 0.3 is 5.97 Å². The number of carboxylic acid groups (broad SMARTS) is 1. The summed E-state index contributed by atoms with van der Waals surface area (Å²) in [4.78, 5) is 10.6. The van der Waals surface area contributed by atoms with Gasteiger partial charge in [0.05, 0.1) is 11.4 Å². The Kier molecular flexibility index (Phi) is 4.09. The summed E-state index contributed by atoms with van der Waals surface area (Å²) in [5, 5.41) is 8.67. The van der Waals surface area contributed by atoms with Gasteiger partial charge in [-0.05, 0) is 37.0 Å². The molecule has 1 fully saturated rings. The normalized spacial score (nSPS) is 18.2. The maximum Gasteiger partial charge on any atom is 0.303 e. The zero-order chi connectivity index (χ0) is 13.9. The van der Waals surface area contributed by atoms with E-state index in [0.29, 0.717) is 25.1 Å². The van der Waals surface area contributed by atoms with Gasteiger partial charge in [0.1, 0.15) is 0 Å². The van der Waals surface area contributed by atoms with Crippen molar-refractivity contribution in [3.05, 3.63) is 29.8 Å². The summed E-state index contributed by atoms with van der Waals surface area (Å²) >= 11 is 0. The lowest BCUT2D eigenvalue weighted by Crippen LogP contribution is -2.37. The average Bonchev–Trinajstić information content (AvgIpc) is 2.36. The molecule has 0 aromatic heterocycles. The zero-order valence-electron chi connectivity index (χ0n) is 10.6. The first kappa shape index (κ1) is 13.9. The van der Waals surface area contributed by atoms with Gasteiger partial charge in [-0.3, -0.25) is 9.10 Å². The molecular formula is C13H17NO4S. The summed E-state index contributed by atoms with van der Waals surface area (Å²) in [6.07, 6.45) is 2.03. The van der Waals surface area contributed by atoms with Crippen LogP contribution < -0.4 is 4.31 Å². The van der Waals surface area contributed by atoms with Crippen LogP contribution >= 0.6 is 0 Å². The van der Waals surface area contributed by atoms with Crippen molar-refractivity contribution in [1.29, 1.82) is 0 Å². The van der Waals surface area contributed by atoms with Crippen molar-refractivity contribution in [3.63, 3.8) is 0 Å². The second-order valence-electron chi connectivity index (χ2n) is 4.66. The number of hydrogen-bond acceptors (Lipinski definition) is 3. The predicted molar refractivity (Wildman–Crippen MR) is 72.8 cm³/mol. The Hall–Kier alpha value is -1.56. The summed E-state index contributed by atoms with van der Waals surface area (Å²) in [6.45, 7) is 0.505. The van der Waals surface area contributed by atoms with E-state index in [1.54, 1.807) is 18.2 Å². The summed E-state index contributed by atoms with van der Waals surface area (Å²) in [5.74, 6) is -0.664. The van der Waals surface area contributed by atoms with E-state index in [9.17, 15) is 13.2 Å². The molecule has 0 radical (unpaired) electrons. The first-order valence-corrected chi connectivity index (χ1v) is 7.91. The Bertz CT molecular complexity index is 568. The fourth-order valence-electron chi connectivity index (χ4n) is 2.20. The van der Waals surface area contributed by atoms with Gasteiger partial charge < -0.3 is 5.11 Å². The highest BCUT2D eigenvalue weighted by Gasteiger charge is 2.25. The number of nitrogens with zero attached hydrogens (tertiary/aromatic N) is 1. The molecule has 0 atom stereocenters. The van der Waals surface area contributed by atoms with Gasteiger partial charge in [0, 0.05) is 13.0 Å². The lowest BCUT2D eigenvalue weighted by molar-refractivity contribution is -0.136. The fourth-order valence-corrected chi connectivity index (χ4v) is 3.83. The molecule has 6 heteroatoms. The largest absolute Gasteiger partial charge is 0.481 e. The van der Waals surface area contributed by atoms with Crippen molar-refractivity contribution in [2.45, 2.75) is 25.7 Å². The van der Waals surface area contributed by atoms with Crippen LogP contribution in [0.25, 0.3) is 0 Å². The number of aliphatic carboxylic acids is 1. The van der Waals surface area contributed by atoms with Crippen LogP contribution in [0.2, 0.25) is 0 Å². The van der Waals surface area contributed by atoms with Crippen LogP contribution in [0.5, 0.6) is 0 Å². The predicted octanol–water partition coefficient (Wildman–Crippen LogP) is 1.63. The molecule has 19 heavy (non-hydrogen) atoms. The maximum atomic E-state index is 12.0. The molecule has 5 nitrogen and oxygen atoms in total. The van der Waals surface area contributed by atoms with Crippen LogP contribution in [-0.4, -0.2) is 31.8 Å². The van der Waals surface area contributed by atoms with Gasteiger partial charge in [0.25, 0.3) is 0 Å². The van der Waals surface area contributed by atoms with Crippen molar-refractivity contribution in [3.8, 4) is 0 Å². The SMILES string of the molecule is O=C(O)CCc1cccc(N2CCCCS2(=O)=O)c1. The van der Waals surface area contributed by atoms with Crippen molar-refractivity contribution in [2.75, 3.05) is 16.6 Å². The Balaban J connectivity index is 2.20. The fraction of sp³-hybridized carbons (Fsp3) is 0.462. The summed E-state index contributed by atoms with van der Waals surface area (Å²) in [7, 11) is -3.21. The molecule has 1 N–H and O–H groups in total. The van der Waals surface area contributed by atoms with Crippen molar-refractivity contribution >= 4 is 21.7 Å². The van der Waals surface area contributed by atoms with Gasteiger partial charge in [-0.15, -0.1) is 0 Å². The van der Waals surface area contributed by atoms with Crippen molar-refractivity contribution in [2.24, 2.45) is 0 Å². The standard InChI is InChI=1S/C13H17NO4S/c15-13(16)7-6-11-4-3-5-12(10-11)14-8-1-2-9-19(14,17)18/h3-5,10H,1-2,6-9H2,(H,15,16). The van der Waals surface area contributed by atoms with E-state index in [4.69, 9.17) is 5.11 Å². The molecule has 0 unspecified atom stereocenters. The number of carboxylic acids is 1. The number of carbonyl (C=O) groups is 1. The monoisotopic (exact) mass is 283 g/mol. The van der Waals surface area contributed by atoms with Crippen LogP contribution in [0.1, 0.15) is 24.8 Å². The topological polar surface area (TPSA) is 74.7 Å². The highest BCUT2D eigenvalue weighted by atomic mass is 32.2. The Labute approximate surface area is 112 Å². The third kappa shape index (κ3) is 3.47. The lowest BCUT2D eigenvalue weighted by atomic mass is 10.1. The number of anilines is 1. The van der Waals surface area contributed by atoms with Crippen molar-refractivity contribution in [1.82, 2.24) is 0 Å². The average molecular weight is 283 g/mol. The van der Waals surface area contributed by atoms with Gasteiger partial charge in [-0.2, -0.15) is 0 Å². The Morgan fingerprint density at radius 1 is 1.32 bits per heavy atom. The molecule has 2 rings (SSSR count). The van der Waals surface area contributed by atoms with E-state index >= 15 is 0 Å². The number of aryl methyl sites for hydroxylation is 1. The third-order valence-electron chi connectivity index (χ3n) is 3.18. The molecule has 104 valence electrons. The summed E-state index contributed by atoms with van der Waals surface area (Å²) in [6, 6.07) is 7.12. The number of sulfonamides is 1. The molecule has 0 amide bonds. The van der Waals surface area contributed by atoms with Crippen LogP contribution in [0.4, 0.5) is 5.69 Å². The highest BCUT2D eigenvalue weighted by Crippen LogP contribution is 2.24. The van der Waals surface area contributed by atoms with E-state index in [0.717, 1.165) is 12.0 Å². The Morgan fingerprint density at radius 2 is 2.11 bits per heavy atom. The zero-order valence-corrected chi connectivity index (χ0v) is 11.4. The molecular weight excluding hydrogens is 266 g/mol. The molecule has 1 aliphatic rings. The van der Waals surface area contributed by atoms with Crippen LogP contribution in [-0.2, 0) is 21.2 Å². The third-order valence-corrected chi connectivity index (χ3v) is 5.04. The van der Waals surface area contributed by atoms with Gasteiger partial charge in [0.2, 0.25) is 10.0 Å². The molecule has 1 heterocycles. The van der Waals surface area contributed by atoms with E-state index in [1.165, 1.54) is 4.31 Å². The van der Waals surface area contributed by atoms with Crippen LogP contribution in [0.15, 0.2) is 24.3 Å². The van der Waals surface area contributed by atoms with Gasteiger partial charge in [0.15, 0.2) is 0 Å². The summed E-state index contributed by atoms with van der Waals surface area (Å²) in [5.41, 5.74) is 1.49. The number of benzene rings is 1. The van der Waals surface area contributed by atoms with Crippen molar-refractivity contribution < 1.29 is 18.3 Å². The highest BCUT2D eigenvalue weighted by molar-refractivity contribution is 7.92. The van der Waals surface area contributed by atoms with E-state index in [-0.39, 0.29) is 12.2 Å². The number of hydrogen-bond donors (Lipinski definition) is 1. The minimum Gasteiger partial charge on any atom is -0.481 e. The van der Waals surface area contributed by atoms with Gasteiger partial charge in [-0.25, -0.2) is 8.42 Å². The van der Waals surface area contributed by atoms with Crippen LogP contribution in [0, 0.1) is 0 Å². The molecule has 1 aliphatic heterocycles. The van der Waals surface area contributed by atoms with E-state index < -0.39 is 16.0 Å². The summed E-state index contributed by atoms with van der Waals surface area (Å²) < 4.78 is 25.4. The second kappa shape index (κ2) is 5.61. The minimum absolute atomic E-state index is 0.0518.